The molecule has 76 valence electrons. The van der Waals surface area contributed by atoms with Crippen LogP contribution in [0.1, 0.15) is 13.3 Å². The number of hydrogen-bond acceptors (Lipinski definition) is 3. The molecule has 1 aliphatic rings. The summed E-state index contributed by atoms with van der Waals surface area (Å²) in [6, 6.07) is 6.34. The molecule has 0 bridgehead atoms. The third-order valence-electron chi connectivity index (χ3n) is 2.73. The summed E-state index contributed by atoms with van der Waals surface area (Å²) in [6.07, 6.45) is 3.01. The minimum Gasteiger partial charge on any atom is -0.476 e. The highest BCUT2D eigenvalue weighted by molar-refractivity contribution is 5.09. The summed E-state index contributed by atoms with van der Waals surface area (Å²) in [4.78, 5) is 6.54. The molecular formula is C11H16N2O. The molecular weight excluding hydrogens is 176 g/mol. The van der Waals surface area contributed by atoms with Crippen LogP contribution in [-0.4, -0.2) is 35.6 Å². The molecule has 0 radical (unpaired) electrons. The standard InChI is InChI=1S/C11H16N2O/c1-2-13-8-6-10(13)9-14-11-5-3-4-7-12-11/h3-5,7,10H,2,6,8-9H2,1H3/t10-/m0/s1. The molecule has 14 heavy (non-hydrogen) atoms. The summed E-state index contributed by atoms with van der Waals surface area (Å²) in [6.45, 7) is 5.29. The van der Waals surface area contributed by atoms with Gasteiger partial charge in [0.2, 0.25) is 5.88 Å². The van der Waals surface area contributed by atoms with Crippen LogP contribution in [0.15, 0.2) is 24.4 Å². The van der Waals surface area contributed by atoms with Crippen molar-refractivity contribution in [1.29, 1.82) is 0 Å². The van der Waals surface area contributed by atoms with Gasteiger partial charge in [-0.25, -0.2) is 4.98 Å². The molecule has 1 saturated heterocycles. The first-order chi connectivity index (χ1) is 6.90. The van der Waals surface area contributed by atoms with Crippen molar-refractivity contribution in [2.45, 2.75) is 19.4 Å². The van der Waals surface area contributed by atoms with Crippen LogP contribution in [0, 0.1) is 0 Å². The van der Waals surface area contributed by atoms with Gasteiger partial charge in [0.1, 0.15) is 6.61 Å². The fourth-order valence-corrected chi connectivity index (χ4v) is 1.71. The molecule has 1 aliphatic heterocycles. The first-order valence-electron chi connectivity index (χ1n) is 5.18. The molecule has 0 aliphatic carbocycles. The van der Waals surface area contributed by atoms with E-state index in [0.717, 1.165) is 19.0 Å². The van der Waals surface area contributed by atoms with Crippen LogP contribution < -0.4 is 4.74 Å². The van der Waals surface area contributed by atoms with Crippen LogP contribution in [0.4, 0.5) is 0 Å². The quantitative estimate of drug-likeness (QED) is 0.723. The zero-order valence-corrected chi connectivity index (χ0v) is 8.52. The summed E-state index contributed by atoms with van der Waals surface area (Å²) >= 11 is 0. The average molecular weight is 192 g/mol. The molecule has 1 aromatic heterocycles. The fourth-order valence-electron chi connectivity index (χ4n) is 1.71. The van der Waals surface area contributed by atoms with Crippen molar-refractivity contribution in [2.75, 3.05) is 19.7 Å². The summed E-state index contributed by atoms with van der Waals surface area (Å²) in [5, 5.41) is 0. The Labute approximate surface area is 84.7 Å². The summed E-state index contributed by atoms with van der Waals surface area (Å²) in [5.74, 6) is 0.732. The number of aromatic nitrogens is 1. The van der Waals surface area contributed by atoms with Crippen molar-refractivity contribution in [1.82, 2.24) is 9.88 Å². The van der Waals surface area contributed by atoms with Gasteiger partial charge in [-0.05, 0) is 19.0 Å². The highest BCUT2D eigenvalue weighted by atomic mass is 16.5. The Morgan fingerprint density at radius 3 is 3.07 bits per heavy atom. The van der Waals surface area contributed by atoms with Gasteiger partial charge in [-0.3, -0.25) is 4.90 Å². The molecule has 1 aromatic rings. The van der Waals surface area contributed by atoms with E-state index in [0.29, 0.717) is 6.04 Å². The Bertz CT molecular complexity index is 274. The molecule has 1 atom stereocenters. The number of hydrogen-bond donors (Lipinski definition) is 0. The van der Waals surface area contributed by atoms with Crippen molar-refractivity contribution in [2.24, 2.45) is 0 Å². The van der Waals surface area contributed by atoms with E-state index in [1.165, 1.54) is 13.0 Å². The molecule has 2 rings (SSSR count). The van der Waals surface area contributed by atoms with Gasteiger partial charge in [-0.2, -0.15) is 0 Å². The lowest BCUT2D eigenvalue weighted by molar-refractivity contribution is 0.0546. The first kappa shape index (κ1) is 9.46. The Balaban J connectivity index is 1.78. The number of pyridine rings is 1. The van der Waals surface area contributed by atoms with Gasteiger partial charge in [-0.15, -0.1) is 0 Å². The lowest BCUT2D eigenvalue weighted by atomic mass is 10.1. The zero-order valence-electron chi connectivity index (χ0n) is 8.52. The summed E-state index contributed by atoms with van der Waals surface area (Å²) < 4.78 is 5.59. The molecule has 0 unspecified atom stereocenters. The van der Waals surface area contributed by atoms with E-state index in [2.05, 4.69) is 16.8 Å². The lowest BCUT2D eigenvalue weighted by Crippen LogP contribution is -2.50. The number of ether oxygens (including phenoxy) is 1. The minimum absolute atomic E-state index is 0.599. The van der Waals surface area contributed by atoms with E-state index in [9.17, 15) is 0 Å². The van der Waals surface area contributed by atoms with E-state index >= 15 is 0 Å². The topological polar surface area (TPSA) is 25.4 Å². The third-order valence-corrected chi connectivity index (χ3v) is 2.73. The highest BCUT2D eigenvalue weighted by Crippen LogP contribution is 2.17. The normalized spacial score (nSPS) is 21.6. The maximum Gasteiger partial charge on any atom is 0.213 e. The number of likely N-dealkylation sites (N-methyl/N-ethyl adjacent to an activating group) is 1. The Hall–Kier alpha value is -1.09. The van der Waals surface area contributed by atoms with Gasteiger partial charge >= 0.3 is 0 Å². The van der Waals surface area contributed by atoms with Gasteiger partial charge in [0.25, 0.3) is 0 Å². The van der Waals surface area contributed by atoms with Crippen LogP contribution >= 0.6 is 0 Å². The zero-order chi connectivity index (χ0) is 9.80. The average Bonchev–Trinajstić information content (AvgIpc) is 2.19. The molecule has 0 N–H and O–H groups in total. The van der Waals surface area contributed by atoms with Gasteiger partial charge in [-0.1, -0.05) is 13.0 Å². The molecule has 1 fully saturated rings. The third kappa shape index (κ3) is 2.04. The predicted molar refractivity (Wildman–Crippen MR) is 55.4 cm³/mol. The van der Waals surface area contributed by atoms with Crippen LogP contribution in [0.5, 0.6) is 5.88 Å². The number of likely N-dealkylation sites (tertiary alicyclic amines) is 1. The Morgan fingerprint density at radius 2 is 2.50 bits per heavy atom. The predicted octanol–water partition coefficient (Wildman–Crippen LogP) is 1.55. The molecule has 0 amide bonds. The second-order valence-electron chi connectivity index (χ2n) is 3.55. The molecule has 0 saturated carbocycles. The molecule has 3 heteroatoms. The second-order valence-corrected chi connectivity index (χ2v) is 3.55. The maximum atomic E-state index is 5.59. The van der Waals surface area contributed by atoms with Gasteiger partial charge in [0, 0.05) is 24.8 Å². The monoisotopic (exact) mass is 192 g/mol. The molecule has 3 nitrogen and oxygen atoms in total. The van der Waals surface area contributed by atoms with Gasteiger partial charge < -0.3 is 4.74 Å². The SMILES string of the molecule is CCN1CC[C@H]1COc1ccccn1. The van der Waals surface area contributed by atoms with Gasteiger partial charge in [0.15, 0.2) is 0 Å². The molecule has 2 heterocycles. The van der Waals surface area contributed by atoms with Crippen molar-refractivity contribution in [3.8, 4) is 5.88 Å². The van der Waals surface area contributed by atoms with Crippen molar-refractivity contribution in [3.05, 3.63) is 24.4 Å². The second kappa shape index (κ2) is 4.42. The van der Waals surface area contributed by atoms with Crippen molar-refractivity contribution >= 4 is 0 Å². The van der Waals surface area contributed by atoms with E-state index in [-0.39, 0.29) is 0 Å². The van der Waals surface area contributed by atoms with Crippen LogP contribution in [0.3, 0.4) is 0 Å². The van der Waals surface area contributed by atoms with E-state index in [1.807, 2.05) is 18.2 Å². The van der Waals surface area contributed by atoms with Gasteiger partial charge in [0.05, 0.1) is 0 Å². The minimum atomic E-state index is 0.599. The van der Waals surface area contributed by atoms with Crippen molar-refractivity contribution in [3.63, 3.8) is 0 Å². The highest BCUT2D eigenvalue weighted by Gasteiger charge is 2.26. The number of nitrogens with zero attached hydrogens (tertiary/aromatic N) is 2. The largest absolute Gasteiger partial charge is 0.476 e. The van der Waals surface area contributed by atoms with Crippen LogP contribution in [-0.2, 0) is 0 Å². The van der Waals surface area contributed by atoms with E-state index < -0.39 is 0 Å². The first-order valence-corrected chi connectivity index (χ1v) is 5.18. The lowest BCUT2D eigenvalue weighted by Gasteiger charge is -2.39. The maximum absolute atomic E-state index is 5.59. The fraction of sp³-hybridized carbons (Fsp3) is 0.545. The smallest absolute Gasteiger partial charge is 0.213 e. The van der Waals surface area contributed by atoms with Crippen LogP contribution in [0.2, 0.25) is 0 Å². The van der Waals surface area contributed by atoms with E-state index in [1.54, 1.807) is 6.20 Å². The van der Waals surface area contributed by atoms with E-state index in [4.69, 9.17) is 4.74 Å². The number of rotatable bonds is 4. The summed E-state index contributed by atoms with van der Waals surface area (Å²) in [5.41, 5.74) is 0. The molecule has 0 spiro atoms. The van der Waals surface area contributed by atoms with Crippen molar-refractivity contribution < 1.29 is 4.74 Å². The molecule has 0 aromatic carbocycles. The Morgan fingerprint density at radius 1 is 1.57 bits per heavy atom. The summed E-state index contributed by atoms with van der Waals surface area (Å²) in [7, 11) is 0. The van der Waals surface area contributed by atoms with Crippen LogP contribution in [0.25, 0.3) is 0 Å². The Kier molecular flexibility index (Phi) is 2.99.